The van der Waals surface area contributed by atoms with E-state index in [1.807, 2.05) is 6.08 Å². The summed E-state index contributed by atoms with van der Waals surface area (Å²) in [6, 6.07) is -0.829. The van der Waals surface area contributed by atoms with Crippen LogP contribution in [0.15, 0.2) is 48.6 Å². The summed E-state index contributed by atoms with van der Waals surface area (Å²) in [5.41, 5.74) is 0. The maximum absolute atomic E-state index is 13.0. The van der Waals surface area contributed by atoms with Gasteiger partial charge in [-0.15, -0.1) is 0 Å². The molecule has 9 heteroatoms. The standard InChI is InChI=1S/C57H105NO8/c1-3-5-7-9-11-13-15-17-19-21-22-23-24-25-26-27-28-29-31-33-35-37-39-41-43-45-47-53(61)58-50(49-65-57-56(64)55(63)54(62)52(48-59)66-57)51(60)46-44-42-40-38-36-34-32-30-20-18-16-14-12-10-8-6-4-2/h20,25-26,30,36,38,44,46,50-52,54-57,59-60,62-64H,3-19,21-24,27-29,31-35,37,39-43,45,47-49H2,1-2H3,(H,58,61)/b26-25-,30-20+,38-36+,46-44+. The smallest absolute Gasteiger partial charge is 0.220 e. The van der Waals surface area contributed by atoms with Crippen molar-refractivity contribution in [3.05, 3.63) is 48.6 Å². The van der Waals surface area contributed by atoms with Crippen LogP contribution in [0, 0.1) is 0 Å². The van der Waals surface area contributed by atoms with Crippen LogP contribution in [-0.2, 0) is 14.3 Å². The molecular weight excluding hydrogens is 827 g/mol. The molecule has 9 nitrogen and oxygen atoms in total. The van der Waals surface area contributed by atoms with E-state index < -0.39 is 49.5 Å². The number of amides is 1. The van der Waals surface area contributed by atoms with E-state index in [0.717, 1.165) is 51.4 Å². The zero-order chi connectivity index (χ0) is 48.0. The van der Waals surface area contributed by atoms with E-state index >= 15 is 0 Å². The minimum absolute atomic E-state index is 0.191. The number of nitrogens with one attached hydrogen (secondary N) is 1. The van der Waals surface area contributed by atoms with Crippen LogP contribution in [0.4, 0.5) is 0 Å². The van der Waals surface area contributed by atoms with Gasteiger partial charge in [-0.2, -0.15) is 0 Å². The van der Waals surface area contributed by atoms with E-state index in [9.17, 15) is 30.3 Å². The lowest BCUT2D eigenvalue weighted by atomic mass is 9.99. The molecule has 1 heterocycles. The largest absolute Gasteiger partial charge is 0.394 e. The first kappa shape index (κ1) is 62.2. The highest BCUT2D eigenvalue weighted by atomic mass is 16.7. The summed E-state index contributed by atoms with van der Waals surface area (Å²) in [4.78, 5) is 13.0. The predicted molar refractivity (Wildman–Crippen MR) is 276 cm³/mol. The van der Waals surface area contributed by atoms with Crippen LogP contribution in [0.1, 0.15) is 251 Å². The Hall–Kier alpha value is -1.85. The molecule has 1 rings (SSSR count). The Balaban J connectivity index is 2.25. The van der Waals surface area contributed by atoms with Gasteiger partial charge in [0.15, 0.2) is 6.29 Å². The van der Waals surface area contributed by atoms with Gasteiger partial charge in [-0.1, -0.05) is 223 Å². The van der Waals surface area contributed by atoms with Gasteiger partial charge in [0.2, 0.25) is 5.91 Å². The number of rotatable bonds is 47. The molecule has 0 saturated carbocycles. The highest BCUT2D eigenvalue weighted by Crippen LogP contribution is 2.23. The number of aliphatic hydroxyl groups excluding tert-OH is 5. The van der Waals surface area contributed by atoms with E-state index in [2.05, 4.69) is 55.6 Å². The van der Waals surface area contributed by atoms with Crippen molar-refractivity contribution in [2.45, 2.75) is 294 Å². The van der Waals surface area contributed by atoms with E-state index in [4.69, 9.17) is 9.47 Å². The van der Waals surface area contributed by atoms with Gasteiger partial charge in [-0.05, 0) is 70.6 Å². The SMILES string of the molecule is CCCCCCCCC/C=C/CC/C=C/CC/C=C/C(O)C(COC1OC(CO)C(O)C(O)C1O)NC(=O)CCCCCCCCCCCC/C=C\CCCCCCCCCCCCCC. The van der Waals surface area contributed by atoms with Crippen LogP contribution in [0.25, 0.3) is 0 Å². The van der Waals surface area contributed by atoms with Gasteiger partial charge in [0, 0.05) is 6.42 Å². The van der Waals surface area contributed by atoms with Gasteiger partial charge in [0.1, 0.15) is 24.4 Å². The second-order valence-electron chi connectivity index (χ2n) is 19.4. The number of hydrogen-bond acceptors (Lipinski definition) is 8. The van der Waals surface area contributed by atoms with Gasteiger partial charge in [0.25, 0.3) is 0 Å². The van der Waals surface area contributed by atoms with Crippen LogP contribution < -0.4 is 5.32 Å². The third-order valence-electron chi connectivity index (χ3n) is 13.1. The number of carbonyl (C=O) groups excluding carboxylic acids is 1. The summed E-state index contributed by atoms with van der Waals surface area (Å²) in [6.45, 7) is 3.76. The highest BCUT2D eigenvalue weighted by molar-refractivity contribution is 5.76. The molecule has 7 atom stereocenters. The zero-order valence-electron chi connectivity index (χ0n) is 42.7. The monoisotopic (exact) mass is 932 g/mol. The summed E-state index contributed by atoms with van der Waals surface area (Å²) in [5.74, 6) is -0.191. The molecule has 1 saturated heterocycles. The normalized spacial score (nSPS) is 20.1. The van der Waals surface area contributed by atoms with Gasteiger partial charge in [-0.25, -0.2) is 0 Å². The first-order chi connectivity index (χ1) is 32.3. The summed E-state index contributed by atoms with van der Waals surface area (Å²) in [6.07, 6.45) is 54.6. The van der Waals surface area contributed by atoms with Crippen molar-refractivity contribution in [3.63, 3.8) is 0 Å². The molecular formula is C57H105NO8. The van der Waals surface area contributed by atoms with Gasteiger partial charge >= 0.3 is 0 Å². The Morgan fingerprint density at radius 2 is 0.864 bits per heavy atom. The van der Waals surface area contributed by atoms with Crippen molar-refractivity contribution in [2.24, 2.45) is 0 Å². The van der Waals surface area contributed by atoms with Crippen molar-refractivity contribution in [1.82, 2.24) is 5.32 Å². The highest BCUT2D eigenvalue weighted by Gasteiger charge is 2.44. The van der Waals surface area contributed by atoms with Crippen LogP contribution in [0.5, 0.6) is 0 Å². The lowest BCUT2D eigenvalue weighted by Gasteiger charge is -2.40. The maximum Gasteiger partial charge on any atom is 0.220 e. The first-order valence-corrected chi connectivity index (χ1v) is 27.9. The second kappa shape index (κ2) is 46.9. The van der Waals surface area contributed by atoms with E-state index in [1.54, 1.807) is 6.08 Å². The molecule has 6 N–H and O–H groups in total. The molecule has 7 unspecified atom stereocenters. The fourth-order valence-electron chi connectivity index (χ4n) is 8.65. The Kier molecular flexibility index (Phi) is 44.1. The first-order valence-electron chi connectivity index (χ1n) is 27.9. The van der Waals surface area contributed by atoms with Gasteiger partial charge in [0.05, 0.1) is 25.4 Å². The lowest BCUT2D eigenvalue weighted by molar-refractivity contribution is -0.302. The van der Waals surface area contributed by atoms with E-state index in [1.165, 1.54) is 180 Å². The van der Waals surface area contributed by atoms with E-state index in [-0.39, 0.29) is 12.5 Å². The molecule has 0 aliphatic carbocycles. The topological polar surface area (TPSA) is 149 Å². The van der Waals surface area contributed by atoms with Gasteiger partial charge < -0.3 is 40.3 Å². The summed E-state index contributed by atoms with van der Waals surface area (Å²) >= 11 is 0. The Morgan fingerprint density at radius 3 is 1.27 bits per heavy atom. The quantitative estimate of drug-likeness (QED) is 0.0261. The molecule has 0 aromatic carbocycles. The average Bonchev–Trinajstić information content (AvgIpc) is 3.32. The summed E-state index contributed by atoms with van der Waals surface area (Å²) in [5, 5.41) is 54.4. The van der Waals surface area contributed by atoms with Crippen LogP contribution in [0.2, 0.25) is 0 Å². The molecule has 1 aliphatic rings. The van der Waals surface area contributed by atoms with Gasteiger partial charge in [-0.3, -0.25) is 4.79 Å². The molecule has 1 aliphatic heterocycles. The molecule has 1 fully saturated rings. The number of ether oxygens (including phenoxy) is 2. The summed E-state index contributed by atoms with van der Waals surface area (Å²) in [7, 11) is 0. The van der Waals surface area contributed by atoms with Crippen LogP contribution in [-0.4, -0.2) is 87.5 Å². The van der Waals surface area contributed by atoms with Crippen molar-refractivity contribution < 1.29 is 39.8 Å². The maximum atomic E-state index is 13.0. The average molecular weight is 932 g/mol. The number of aliphatic hydroxyl groups is 5. The molecule has 1 amide bonds. The van der Waals surface area contributed by atoms with Crippen molar-refractivity contribution in [2.75, 3.05) is 13.2 Å². The number of unbranched alkanes of at least 4 members (excludes halogenated alkanes) is 31. The third-order valence-corrected chi connectivity index (χ3v) is 13.1. The molecule has 0 aromatic heterocycles. The molecule has 0 radical (unpaired) electrons. The fraction of sp³-hybridized carbons (Fsp3) is 0.842. The molecule has 0 aromatic rings. The predicted octanol–water partition coefficient (Wildman–Crippen LogP) is 13.3. The lowest BCUT2D eigenvalue weighted by Crippen LogP contribution is -2.60. The van der Waals surface area contributed by atoms with Crippen molar-refractivity contribution in [1.29, 1.82) is 0 Å². The minimum atomic E-state index is -1.58. The molecule has 386 valence electrons. The minimum Gasteiger partial charge on any atom is -0.394 e. The fourth-order valence-corrected chi connectivity index (χ4v) is 8.65. The Bertz CT molecular complexity index is 1170. The van der Waals surface area contributed by atoms with Crippen LogP contribution >= 0.6 is 0 Å². The van der Waals surface area contributed by atoms with Crippen LogP contribution in [0.3, 0.4) is 0 Å². The Morgan fingerprint density at radius 1 is 0.500 bits per heavy atom. The second-order valence-corrected chi connectivity index (χ2v) is 19.4. The van der Waals surface area contributed by atoms with E-state index in [0.29, 0.717) is 6.42 Å². The summed E-state index contributed by atoms with van der Waals surface area (Å²) < 4.78 is 11.2. The molecule has 0 bridgehead atoms. The number of allylic oxidation sites excluding steroid dienone is 7. The Labute approximate surface area is 405 Å². The number of hydrogen-bond donors (Lipinski definition) is 6. The molecule has 66 heavy (non-hydrogen) atoms. The molecule has 0 spiro atoms. The third kappa shape index (κ3) is 36.2. The van der Waals surface area contributed by atoms with Crippen molar-refractivity contribution >= 4 is 5.91 Å². The zero-order valence-corrected chi connectivity index (χ0v) is 42.7. The number of carbonyl (C=O) groups is 1. The van der Waals surface area contributed by atoms with Crippen molar-refractivity contribution in [3.8, 4) is 0 Å².